The van der Waals surface area contributed by atoms with Gasteiger partial charge in [0, 0.05) is 5.56 Å². The van der Waals surface area contributed by atoms with Crippen LogP contribution in [0.4, 0.5) is 0 Å². The highest BCUT2D eigenvalue weighted by Gasteiger charge is 2.06. The molecule has 1 rings (SSSR count). The first-order valence-corrected chi connectivity index (χ1v) is 3.78. The third-order valence-corrected chi connectivity index (χ3v) is 1.81. The van der Waals surface area contributed by atoms with Gasteiger partial charge in [0.15, 0.2) is 0 Å². The van der Waals surface area contributed by atoms with Crippen LogP contribution < -0.4 is 5.46 Å². The van der Waals surface area contributed by atoms with Crippen molar-refractivity contribution in [2.45, 2.75) is 6.42 Å². The van der Waals surface area contributed by atoms with E-state index in [-0.39, 0.29) is 11.5 Å². The smallest absolute Gasteiger partial charge is 0.144 e. The predicted octanol–water partition coefficient (Wildman–Crippen LogP) is 0.0847. The van der Waals surface area contributed by atoms with Gasteiger partial charge in [-0.1, -0.05) is 12.1 Å². The van der Waals surface area contributed by atoms with Crippen molar-refractivity contribution in [3.8, 4) is 11.5 Å². The van der Waals surface area contributed by atoms with Gasteiger partial charge < -0.3 is 10.2 Å². The van der Waals surface area contributed by atoms with E-state index in [0.29, 0.717) is 12.0 Å². The zero-order valence-corrected chi connectivity index (χ0v) is 7.04. The van der Waals surface area contributed by atoms with E-state index in [4.69, 9.17) is 0 Å². The minimum Gasteiger partial charge on any atom is -0.508 e. The van der Waals surface area contributed by atoms with Gasteiger partial charge in [-0.3, -0.25) is 0 Å². The first-order valence-electron chi connectivity index (χ1n) is 3.78. The summed E-state index contributed by atoms with van der Waals surface area (Å²) in [6.07, 6.45) is 2.13. The predicted molar refractivity (Wildman–Crippen MR) is 51.9 cm³/mol. The molecule has 0 atom stereocenters. The summed E-state index contributed by atoms with van der Waals surface area (Å²) in [7, 11) is 1.79. The van der Waals surface area contributed by atoms with Gasteiger partial charge in [-0.05, 0) is 17.9 Å². The van der Waals surface area contributed by atoms with E-state index in [9.17, 15) is 10.2 Å². The topological polar surface area (TPSA) is 40.5 Å². The Morgan fingerprint density at radius 3 is 2.67 bits per heavy atom. The molecule has 0 aliphatic carbocycles. The first-order chi connectivity index (χ1) is 5.66. The summed E-state index contributed by atoms with van der Waals surface area (Å²) >= 11 is 0. The molecule has 0 radical (unpaired) electrons. The molecule has 3 heteroatoms. The molecule has 62 valence electrons. The van der Waals surface area contributed by atoms with Gasteiger partial charge in [-0.15, -0.1) is 6.58 Å². The highest BCUT2D eigenvalue weighted by molar-refractivity contribution is 6.34. The fraction of sp³-hybridized carbons (Fsp3) is 0.111. The molecular weight excluding hydrogens is 151 g/mol. The molecule has 1 aromatic rings. The van der Waals surface area contributed by atoms with Crippen molar-refractivity contribution < 1.29 is 10.2 Å². The molecule has 0 unspecified atom stereocenters. The Morgan fingerprint density at radius 1 is 1.42 bits per heavy atom. The number of aromatic hydroxyl groups is 2. The van der Waals surface area contributed by atoms with E-state index in [1.54, 1.807) is 26.1 Å². The minimum atomic E-state index is 0.123. The van der Waals surface area contributed by atoms with E-state index in [2.05, 4.69) is 6.58 Å². The van der Waals surface area contributed by atoms with E-state index < -0.39 is 0 Å². The SMILES string of the molecule is Bc1ccc(O)c(CC=C)c1O. The van der Waals surface area contributed by atoms with Gasteiger partial charge in [0.2, 0.25) is 0 Å². The summed E-state index contributed by atoms with van der Waals surface area (Å²) in [6, 6.07) is 3.26. The van der Waals surface area contributed by atoms with Gasteiger partial charge in [-0.2, -0.15) is 0 Å². The van der Waals surface area contributed by atoms with E-state index >= 15 is 0 Å². The van der Waals surface area contributed by atoms with Crippen molar-refractivity contribution in [2.75, 3.05) is 0 Å². The van der Waals surface area contributed by atoms with Crippen LogP contribution >= 0.6 is 0 Å². The van der Waals surface area contributed by atoms with Crippen molar-refractivity contribution in [2.24, 2.45) is 0 Å². The van der Waals surface area contributed by atoms with Crippen molar-refractivity contribution in [3.63, 3.8) is 0 Å². The summed E-state index contributed by atoms with van der Waals surface area (Å²) in [5, 5.41) is 18.8. The van der Waals surface area contributed by atoms with Gasteiger partial charge in [0.1, 0.15) is 19.3 Å². The molecule has 0 saturated heterocycles. The molecule has 2 N–H and O–H groups in total. The number of allylic oxidation sites excluding steroid dienone is 1. The summed E-state index contributed by atoms with van der Waals surface area (Å²) < 4.78 is 0. The van der Waals surface area contributed by atoms with Crippen LogP contribution in [0.25, 0.3) is 0 Å². The van der Waals surface area contributed by atoms with Crippen molar-refractivity contribution in [1.82, 2.24) is 0 Å². The van der Waals surface area contributed by atoms with E-state index in [1.807, 2.05) is 0 Å². The molecule has 0 aromatic heterocycles. The van der Waals surface area contributed by atoms with Crippen LogP contribution in [0.2, 0.25) is 0 Å². The quantitative estimate of drug-likeness (QED) is 0.477. The van der Waals surface area contributed by atoms with Crippen LogP contribution in [0.5, 0.6) is 11.5 Å². The number of hydrogen-bond acceptors (Lipinski definition) is 2. The molecule has 0 fully saturated rings. The summed E-state index contributed by atoms with van der Waals surface area (Å²) in [6.45, 7) is 3.55. The third-order valence-electron chi connectivity index (χ3n) is 1.81. The van der Waals surface area contributed by atoms with Crippen LogP contribution in [0, 0.1) is 0 Å². The second-order valence-electron chi connectivity index (χ2n) is 2.72. The molecule has 0 bridgehead atoms. The monoisotopic (exact) mass is 162 g/mol. The van der Waals surface area contributed by atoms with Crippen LogP contribution in [0.15, 0.2) is 24.8 Å². The summed E-state index contributed by atoms with van der Waals surface area (Å²) in [4.78, 5) is 0. The molecule has 0 amide bonds. The lowest BCUT2D eigenvalue weighted by atomic mass is 9.91. The molecule has 1 aromatic carbocycles. The average Bonchev–Trinajstić information content (AvgIpc) is 2.06. The maximum absolute atomic E-state index is 9.50. The third kappa shape index (κ3) is 1.45. The Bertz CT molecular complexity index is 308. The van der Waals surface area contributed by atoms with E-state index in [0.717, 1.165) is 5.46 Å². The fourth-order valence-electron chi connectivity index (χ4n) is 1.09. The van der Waals surface area contributed by atoms with Crippen LogP contribution in [-0.4, -0.2) is 18.1 Å². The molecule has 0 saturated carbocycles. The molecule has 2 nitrogen and oxygen atoms in total. The Kier molecular flexibility index (Phi) is 2.43. The lowest BCUT2D eigenvalue weighted by Gasteiger charge is -2.06. The zero-order chi connectivity index (χ0) is 9.14. The fourth-order valence-corrected chi connectivity index (χ4v) is 1.09. The van der Waals surface area contributed by atoms with Gasteiger partial charge >= 0.3 is 0 Å². The minimum absolute atomic E-state index is 0.123. The summed E-state index contributed by atoms with van der Waals surface area (Å²) in [5.41, 5.74) is 1.31. The molecule has 12 heavy (non-hydrogen) atoms. The number of benzene rings is 1. The van der Waals surface area contributed by atoms with Gasteiger partial charge in [-0.25, -0.2) is 0 Å². The van der Waals surface area contributed by atoms with Gasteiger partial charge in [0.25, 0.3) is 0 Å². The second kappa shape index (κ2) is 3.35. The molecule has 0 heterocycles. The van der Waals surface area contributed by atoms with E-state index in [1.165, 1.54) is 0 Å². The largest absolute Gasteiger partial charge is 0.508 e. The lowest BCUT2D eigenvalue weighted by Crippen LogP contribution is -2.04. The molecule has 0 spiro atoms. The first kappa shape index (κ1) is 8.72. The Hall–Kier alpha value is -1.38. The Labute approximate surface area is 72.6 Å². The highest BCUT2D eigenvalue weighted by atomic mass is 16.3. The zero-order valence-electron chi connectivity index (χ0n) is 7.04. The summed E-state index contributed by atoms with van der Waals surface area (Å²) in [5.74, 6) is 0.285. The second-order valence-corrected chi connectivity index (χ2v) is 2.72. The Balaban J connectivity index is 3.22. The highest BCUT2D eigenvalue weighted by Crippen LogP contribution is 2.24. The van der Waals surface area contributed by atoms with Crippen LogP contribution in [0.1, 0.15) is 5.56 Å². The molecule has 0 aliphatic rings. The van der Waals surface area contributed by atoms with Crippen molar-refractivity contribution >= 4 is 13.3 Å². The number of hydrogen-bond donors (Lipinski definition) is 2. The number of phenols is 2. The molecular formula is C9H11BO2. The maximum Gasteiger partial charge on any atom is 0.144 e. The average molecular weight is 162 g/mol. The maximum atomic E-state index is 9.50. The van der Waals surface area contributed by atoms with Gasteiger partial charge in [0.05, 0.1) is 0 Å². The molecule has 0 aliphatic heterocycles. The number of rotatable bonds is 2. The Morgan fingerprint density at radius 2 is 2.08 bits per heavy atom. The standard InChI is InChI=1S/C9H11BO2/c1-2-3-6-8(11)5-4-7(10)9(6)12/h2,4-5,11-12H,1,3,10H2. The van der Waals surface area contributed by atoms with Crippen LogP contribution in [0.3, 0.4) is 0 Å². The normalized spacial score (nSPS) is 9.67. The lowest BCUT2D eigenvalue weighted by molar-refractivity contribution is 0.443. The van der Waals surface area contributed by atoms with Crippen LogP contribution in [-0.2, 0) is 6.42 Å². The van der Waals surface area contributed by atoms with Crippen molar-refractivity contribution in [3.05, 3.63) is 30.4 Å². The number of phenolic OH excluding ortho intramolecular Hbond substituents is 2. The van der Waals surface area contributed by atoms with Crippen molar-refractivity contribution in [1.29, 1.82) is 0 Å².